The zero-order chi connectivity index (χ0) is 14.8. The van der Waals surface area contributed by atoms with Gasteiger partial charge in [-0.05, 0) is 18.2 Å². The summed E-state index contributed by atoms with van der Waals surface area (Å²) in [6, 6.07) is 9.13. The van der Waals surface area contributed by atoms with Gasteiger partial charge in [-0.2, -0.15) is 5.10 Å². The van der Waals surface area contributed by atoms with Gasteiger partial charge >= 0.3 is 5.76 Å². The minimum absolute atomic E-state index is 0.438. The van der Waals surface area contributed by atoms with Gasteiger partial charge in [-0.25, -0.2) is 4.79 Å². The molecule has 0 unspecified atom stereocenters. The lowest BCUT2D eigenvalue weighted by atomic mass is 10.2. The molecule has 0 spiro atoms. The van der Waals surface area contributed by atoms with Crippen LogP contribution in [0.5, 0.6) is 0 Å². The summed E-state index contributed by atoms with van der Waals surface area (Å²) in [5.74, 6) is -0.0557. The van der Waals surface area contributed by atoms with Crippen molar-refractivity contribution in [3.05, 3.63) is 57.8 Å². The van der Waals surface area contributed by atoms with Gasteiger partial charge in [0.05, 0.1) is 5.02 Å². The number of hydrogen-bond donors (Lipinski definition) is 0. The fraction of sp³-hybridized carbons (Fsp3) is 0.214. The van der Waals surface area contributed by atoms with Crippen LogP contribution in [0, 0.1) is 0 Å². The summed E-state index contributed by atoms with van der Waals surface area (Å²) >= 11 is 6.15. The largest absolute Gasteiger partial charge is 0.441 e. The van der Waals surface area contributed by atoms with Crippen molar-refractivity contribution in [1.29, 1.82) is 0 Å². The second-order valence-electron chi connectivity index (χ2n) is 4.60. The molecule has 0 aliphatic carbocycles. The highest BCUT2D eigenvalue weighted by Crippen LogP contribution is 2.25. The van der Waals surface area contributed by atoms with Gasteiger partial charge in [0.2, 0.25) is 0 Å². The lowest BCUT2D eigenvalue weighted by Crippen LogP contribution is -2.17. The molecule has 1 aromatic carbocycles. The van der Waals surface area contributed by atoms with Gasteiger partial charge in [0, 0.05) is 37.5 Å². The molecule has 0 amide bonds. The van der Waals surface area contributed by atoms with E-state index in [2.05, 4.69) is 10.3 Å². The molecule has 108 valence electrons. The van der Waals surface area contributed by atoms with Crippen LogP contribution < -0.4 is 5.76 Å². The molecule has 0 aliphatic heterocycles. The standard InChI is InChI=1S/C14H13ClN4O2/c1-18-10(6-8-16-18)7-9-19-13(17-21-14(19)20)11-4-2-3-5-12(11)15/h2-6,8H,7,9H2,1H3. The fourth-order valence-corrected chi connectivity index (χ4v) is 2.39. The third-order valence-electron chi connectivity index (χ3n) is 3.32. The molecule has 2 aromatic heterocycles. The van der Waals surface area contributed by atoms with Crippen LogP contribution in [0.3, 0.4) is 0 Å². The topological polar surface area (TPSA) is 65.8 Å². The van der Waals surface area contributed by atoms with Crippen LogP contribution in [0.15, 0.2) is 45.8 Å². The predicted octanol–water partition coefficient (Wildman–Crippen LogP) is 2.13. The van der Waals surface area contributed by atoms with Crippen molar-refractivity contribution in [3.63, 3.8) is 0 Å². The Balaban J connectivity index is 1.93. The molecule has 7 heteroatoms. The van der Waals surface area contributed by atoms with Gasteiger partial charge in [-0.15, -0.1) is 0 Å². The molecule has 0 bridgehead atoms. The van der Waals surface area contributed by atoms with Crippen molar-refractivity contribution >= 4 is 11.6 Å². The number of halogens is 1. The average molecular weight is 305 g/mol. The second kappa shape index (κ2) is 5.57. The van der Waals surface area contributed by atoms with Crippen molar-refractivity contribution < 1.29 is 4.52 Å². The normalized spacial score (nSPS) is 11.0. The van der Waals surface area contributed by atoms with Crippen LogP contribution >= 0.6 is 11.6 Å². The Labute approximate surface area is 125 Å². The van der Waals surface area contributed by atoms with Crippen molar-refractivity contribution in [1.82, 2.24) is 19.5 Å². The quantitative estimate of drug-likeness (QED) is 0.740. The Kier molecular flexibility index (Phi) is 3.62. The molecule has 0 aliphatic rings. The number of nitrogens with zero attached hydrogens (tertiary/aromatic N) is 4. The Morgan fingerprint density at radius 1 is 1.29 bits per heavy atom. The summed E-state index contributed by atoms with van der Waals surface area (Å²) in [6.07, 6.45) is 2.37. The maximum atomic E-state index is 11.8. The predicted molar refractivity (Wildman–Crippen MR) is 78.1 cm³/mol. The van der Waals surface area contributed by atoms with Crippen molar-refractivity contribution in [2.75, 3.05) is 0 Å². The van der Waals surface area contributed by atoms with E-state index in [0.29, 0.717) is 29.4 Å². The SMILES string of the molecule is Cn1nccc1CCn1c(-c2ccccc2Cl)noc1=O. The number of benzene rings is 1. The lowest BCUT2D eigenvalue weighted by Gasteiger charge is -2.06. The Bertz CT molecular complexity index is 818. The van der Waals surface area contributed by atoms with E-state index in [1.54, 1.807) is 23.0 Å². The number of aromatic nitrogens is 4. The van der Waals surface area contributed by atoms with Crippen LogP contribution in [0.4, 0.5) is 0 Å². The van der Waals surface area contributed by atoms with Gasteiger partial charge in [0.1, 0.15) is 0 Å². The van der Waals surface area contributed by atoms with Crippen LogP contribution in [0.1, 0.15) is 5.69 Å². The summed E-state index contributed by atoms with van der Waals surface area (Å²) in [6.45, 7) is 0.447. The first kappa shape index (κ1) is 13.6. The van der Waals surface area contributed by atoms with Crippen molar-refractivity contribution in [3.8, 4) is 11.4 Å². The Morgan fingerprint density at radius 3 is 2.81 bits per heavy atom. The Hall–Kier alpha value is -2.34. The molecule has 0 N–H and O–H groups in total. The molecule has 2 heterocycles. The maximum Gasteiger partial charge on any atom is 0.441 e. The maximum absolute atomic E-state index is 11.8. The molecular weight excluding hydrogens is 292 g/mol. The fourth-order valence-electron chi connectivity index (χ4n) is 2.17. The molecule has 0 saturated heterocycles. The molecule has 3 aromatic rings. The third-order valence-corrected chi connectivity index (χ3v) is 3.64. The molecule has 6 nitrogen and oxygen atoms in total. The first-order valence-electron chi connectivity index (χ1n) is 6.45. The van der Waals surface area contributed by atoms with Gasteiger partial charge in [-0.1, -0.05) is 28.9 Å². The minimum atomic E-state index is -0.493. The lowest BCUT2D eigenvalue weighted by molar-refractivity contribution is 0.375. The minimum Gasteiger partial charge on any atom is -0.295 e. The average Bonchev–Trinajstić information content (AvgIpc) is 3.04. The summed E-state index contributed by atoms with van der Waals surface area (Å²) in [7, 11) is 1.86. The summed E-state index contributed by atoms with van der Waals surface area (Å²) < 4.78 is 8.03. The van der Waals surface area contributed by atoms with Crippen LogP contribution in [-0.2, 0) is 20.0 Å². The van der Waals surface area contributed by atoms with Crippen LogP contribution in [-0.4, -0.2) is 19.5 Å². The summed E-state index contributed by atoms with van der Waals surface area (Å²) in [5, 5.41) is 8.47. The molecule has 0 saturated carbocycles. The summed E-state index contributed by atoms with van der Waals surface area (Å²) in [5.41, 5.74) is 1.70. The zero-order valence-corrected chi connectivity index (χ0v) is 12.1. The smallest absolute Gasteiger partial charge is 0.295 e. The molecule has 0 atom stereocenters. The van der Waals surface area contributed by atoms with E-state index in [9.17, 15) is 4.79 Å². The van der Waals surface area contributed by atoms with E-state index in [-0.39, 0.29) is 0 Å². The van der Waals surface area contributed by atoms with Gasteiger partial charge < -0.3 is 0 Å². The summed E-state index contributed by atoms with van der Waals surface area (Å²) in [4.78, 5) is 11.8. The van der Waals surface area contributed by atoms with E-state index in [0.717, 1.165) is 5.69 Å². The molecule has 3 rings (SSSR count). The molecule has 0 radical (unpaired) electrons. The van der Waals surface area contributed by atoms with E-state index < -0.39 is 5.76 Å². The van der Waals surface area contributed by atoms with Crippen LogP contribution in [0.25, 0.3) is 11.4 Å². The first-order valence-corrected chi connectivity index (χ1v) is 6.83. The van der Waals surface area contributed by atoms with E-state index >= 15 is 0 Å². The number of hydrogen-bond acceptors (Lipinski definition) is 4. The first-order chi connectivity index (χ1) is 10.2. The van der Waals surface area contributed by atoms with Gasteiger partial charge in [0.25, 0.3) is 0 Å². The van der Waals surface area contributed by atoms with Gasteiger partial charge in [-0.3, -0.25) is 13.8 Å². The highest BCUT2D eigenvalue weighted by atomic mass is 35.5. The van der Waals surface area contributed by atoms with Crippen molar-refractivity contribution in [2.45, 2.75) is 13.0 Å². The van der Waals surface area contributed by atoms with Crippen molar-refractivity contribution in [2.24, 2.45) is 7.05 Å². The molecule has 0 fully saturated rings. The molecule has 21 heavy (non-hydrogen) atoms. The zero-order valence-electron chi connectivity index (χ0n) is 11.4. The van der Waals surface area contributed by atoms with Gasteiger partial charge in [0.15, 0.2) is 5.82 Å². The highest BCUT2D eigenvalue weighted by molar-refractivity contribution is 6.33. The monoisotopic (exact) mass is 304 g/mol. The highest BCUT2D eigenvalue weighted by Gasteiger charge is 2.15. The van der Waals surface area contributed by atoms with Crippen LogP contribution in [0.2, 0.25) is 5.02 Å². The van der Waals surface area contributed by atoms with E-state index in [1.807, 2.05) is 25.2 Å². The third kappa shape index (κ3) is 2.62. The second-order valence-corrected chi connectivity index (χ2v) is 5.01. The molecular formula is C14H13ClN4O2. The van der Waals surface area contributed by atoms with E-state index in [4.69, 9.17) is 16.1 Å². The number of rotatable bonds is 4. The van der Waals surface area contributed by atoms with E-state index in [1.165, 1.54) is 4.57 Å². The number of aryl methyl sites for hydroxylation is 2. The Morgan fingerprint density at radius 2 is 2.10 bits per heavy atom.